The van der Waals surface area contributed by atoms with Gasteiger partial charge in [-0.25, -0.2) is 0 Å². The predicted octanol–water partition coefficient (Wildman–Crippen LogP) is -0.598. The van der Waals surface area contributed by atoms with E-state index >= 15 is 0 Å². The monoisotopic (exact) mass is 208 g/mol. The molecule has 58 valence electrons. The minimum atomic E-state index is -1.07. The fourth-order valence-corrected chi connectivity index (χ4v) is 1.33. The van der Waals surface area contributed by atoms with Gasteiger partial charge >= 0.3 is 0 Å². The van der Waals surface area contributed by atoms with Gasteiger partial charge in [0, 0.05) is 0 Å². The third-order valence-corrected chi connectivity index (χ3v) is 2.37. The van der Waals surface area contributed by atoms with Crippen LogP contribution in [0.2, 0.25) is 0 Å². The summed E-state index contributed by atoms with van der Waals surface area (Å²) in [7, 11) is 0. The summed E-state index contributed by atoms with van der Waals surface area (Å²) in [6.45, 7) is 0. The smallest absolute Gasteiger partial charge is 0.111 e. The normalized spacial score (nSPS) is 47.6. The average Bonchev–Trinajstić information content (AvgIpc) is 1.93. The van der Waals surface area contributed by atoms with E-state index in [1.807, 2.05) is 0 Å². The number of aliphatic hydroxyl groups is 3. The van der Waals surface area contributed by atoms with Crippen molar-refractivity contribution < 1.29 is 15.3 Å². The van der Waals surface area contributed by atoms with E-state index in [0.29, 0.717) is 0 Å². The van der Waals surface area contributed by atoms with E-state index in [4.69, 9.17) is 15.3 Å². The van der Waals surface area contributed by atoms with Crippen LogP contribution in [0.5, 0.6) is 0 Å². The molecule has 0 saturated heterocycles. The van der Waals surface area contributed by atoms with Crippen LogP contribution in [-0.4, -0.2) is 38.5 Å². The first-order valence-electron chi connectivity index (χ1n) is 2.99. The van der Waals surface area contributed by atoms with E-state index < -0.39 is 18.3 Å². The van der Waals surface area contributed by atoms with Crippen LogP contribution >= 0.6 is 15.9 Å². The first-order valence-corrected chi connectivity index (χ1v) is 3.91. The lowest BCUT2D eigenvalue weighted by molar-refractivity contribution is -0.0422. The zero-order valence-corrected chi connectivity index (χ0v) is 6.77. The van der Waals surface area contributed by atoms with Crippen molar-refractivity contribution in [2.24, 2.45) is 0 Å². The second-order valence-electron chi connectivity index (χ2n) is 2.30. The molecule has 0 aromatic heterocycles. The third kappa shape index (κ3) is 1.40. The highest BCUT2D eigenvalue weighted by Gasteiger charge is 2.30. The first kappa shape index (κ1) is 8.20. The second-order valence-corrected chi connectivity index (χ2v) is 3.36. The lowest BCUT2D eigenvalue weighted by Crippen LogP contribution is -2.43. The highest BCUT2D eigenvalue weighted by atomic mass is 79.9. The molecule has 0 aromatic rings. The molecule has 0 aromatic carbocycles. The molecule has 0 radical (unpaired) electrons. The molecular formula is C6H9BrO3. The molecule has 3 nitrogen and oxygen atoms in total. The van der Waals surface area contributed by atoms with Gasteiger partial charge in [0.2, 0.25) is 0 Å². The first-order chi connectivity index (χ1) is 4.63. The quantitative estimate of drug-likeness (QED) is 0.369. The Bertz CT molecular complexity index is 132. The van der Waals surface area contributed by atoms with Gasteiger partial charge in [-0.1, -0.05) is 28.1 Å². The highest BCUT2D eigenvalue weighted by Crippen LogP contribution is 2.19. The number of rotatable bonds is 0. The summed E-state index contributed by atoms with van der Waals surface area (Å²) in [4.78, 5) is -0.258. The summed E-state index contributed by atoms with van der Waals surface area (Å²) in [5.41, 5.74) is 0. The van der Waals surface area contributed by atoms with Gasteiger partial charge < -0.3 is 15.3 Å². The number of alkyl halides is 1. The molecule has 0 heterocycles. The summed E-state index contributed by atoms with van der Waals surface area (Å²) in [5, 5.41) is 27.1. The Morgan fingerprint density at radius 3 is 2.10 bits per heavy atom. The van der Waals surface area contributed by atoms with Crippen molar-refractivity contribution >= 4 is 15.9 Å². The fraction of sp³-hybridized carbons (Fsp3) is 0.667. The van der Waals surface area contributed by atoms with Crippen LogP contribution in [-0.2, 0) is 0 Å². The van der Waals surface area contributed by atoms with E-state index in [9.17, 15) is 0 Å². The second kappa shape index (κ2) is 3.00. The van der Waals surface area contributed by atoms with E-state index in [2.05, 4.69) is 15.9 Å². The number of hydrogen-bond acceptors (Lipinski definition) is 3. The van der Waals surface area contributed by atoms with Gasteiger partial charge in [0.05, 0.1) is 10.9 Å². The van der Waals surface area contributed by atoms with Crippen molar-refractivity contribution in [3.63, 3.8) is 0 Å². The van der Waals surface area contributed by atoms with Crippen LogP contribution < -0.4 is 0 Å². The third-order valence-electron chi connectivity index (χ3n) is 1.52. The van der Waals surface area contributed by atoms with Gasteiger partial charge in [0.15, 0.2) is 0 Å². The van der Waals surface area contributed by atoms with Crippen LogP contribution in [0.25, 0.3) is 0 Å². The molecule has 4 heteroatoms. The maximum absolute atomic E-state index is 9.11. The molecule has 0 bridgehead atoms. The summed E-state index contributed by atoms with van der Waals surface area (Å²) >= 11 is 3.11. The molecule has 0 fully saturated rings. The molecule has 10 heavy (non-hydrogen) atoms. The van der Waals surface area contributed by atoms with Gasteiger partial charge in [-0.15, -0.1) is 0 Å². The van der Waals surface area contributed by atoms with Crippen molar-refractivity contribution in [1.29, 1.82) is 0 Å². The summed E-state index contributed by atoms with van der Waals surface area (Å²) in [6.07, 6.45) is 0.136. The summed E-state index contributed by atoms with van der Waals surface area (Å²) in [6, 6.07) is 0. The predicted molar refractivity (Wildman–Crippen MR) is 39.9 cm³/mol. The van der Waals surface area contributed by atoms with Gasteiger partial charge in [-0.3, -0.25) is 0 Å². The lowest BCUT2D eigenvalue weighted by atomic mass is 9.99. The fourth-order valence-electron chi connectivity index (χ4n) is 0.838. The van der Waals surface area contributed by atoms with Crippen molar-refractivity contribution in [3.8, 4) is 0 Å². The van der Waals surface area contributed by atoms with Crippen molar-refractivity contribution in [2.75, 3.05) is 0 Å². The Labute approximate surface area is 67.1 Å². The Morgan fingerprint density at radius 1 is 1.00 bits per heavy atom. The molecule has 1 aliphatic rings. The minimum absolute atomic E-state index is 0.258. The highest BCUT2D eigenvalue weighted by molar-refractivity contribution is 9.09. The summed E-state index contributed by atoms with van der Waals surface area (Å²) in [5.74, 6) is 0. The molecule has 0 aliphatic heterocycles. The van der Waals surface area contributed by atoms with E-state index in [0.717, 1.165) is 0 Å². The van der Waals surface area contributed by atoms with Gasteiger partial charge in [-0.2, -0.15) is 0 Å². The van der Waals surface area contributed by atoms with E-state index in [-0.39, 0.29) is 4.83 Å². The van der Waals surface area contributed by atoms with Gasteiger partial charge in [0.1, 0.15) is 12.2 Å². The molecular weight excluding hydrogens is 200 g/mol. The van der Waals surface area contributed by atoms with Gasteiger partial charge in [0.25, 0.3) is 0 Å². The molecule has 0 saturated carbocycles. The van der Waals surface area contributed by atoms with Crippen LogP contribution in [0.4, 0.5) is 0 Å². The number of halogens is 1. The SMILES string of the molecule is O[C@@H]1[C@H](O)[C@H](O)C=C[C@@H]1Br. The zero-order chi connectivity index (χ0) is 7.72. The van der Waals surface area contributed by atoms with E-state index in [1.54, 1.807) is 6.08 Å². The molecule has 4 atom stereocenters. The average molecular weight is 209 g/mol. The number of hydrogen-bond donors (Lipinski definition) is 3. The lowest BCUT2D eigenvalue weighted by Gasteiger charge is -2.27. The van der Waals surface area contributed by atoms with Crippen LogP contribution in [0.1, 0.15) is 0 Å². The molecule has 1 aliphatic carbocycles. The van der Waals surface area contributed by atoms with Crippen molar-refractivity contribution in [3.05, 3.63) is 12.2 Å². The molecule has 0 unspecified atom stereocenters. The Kier molecular flexibility index (Phi) is 2.46. The Balaban J connectivity index is 2.69. The molecule has 0 spiro atoms. The molecule has 0 amide bonds. The van der Waals surface area contributed by atoms with Crippen molar-refractivity contribution in [2.45, 2.75) is 23.1 Å². The van der Waals surface area contributed by atoms with Crippen molar-refractivity contribution in [1.82, 2.24) is 0 Å². The number of aliphatic hydroxyl groups excluding tert-OH is 3. The topological polar surface area (TPSA) is 60.7 Å². The zero-order valence-electron chi connectivity index (χ0n) is 5.18. The van der Waals surface area contributed by atoms with Crippen LogP contribution in [0, 0.1) is 0 Å². The maximum atomic E-state index is 9.11. The Morgan fingerprint density at radius 2 is 1.60 bits per heavy atom. The molecule has 3 N–H and O–H groups in total. The maximum Gasteiger partial charge on any atom is 0.111 e. The summed E-state index contributed by atoms with van der Waals surface area (Å²) < 4.78 is 0. The molecule has 1 rings (SSSR count). The van der Waals surface area contributed by atoms with E-state index in [1.165, 1.54) is 6.08 Å². The standard InChI is InChI=1S/C6H9BrO3/c7-3-1-2-4(8)6(10)5(3)9/h1-6,8-10H/t3-,4+,5-,6+/m0/s1. The Hall–Kier alpha value is 0.100. The van der Waals surface area contributed by atoms with Gasteiger partial charge in [-0.05, 0) is 0 Å². The van der Waals surface area contributed by atoms with Crippen LogP contribution in [0.3, 0.4) is 0 Å². The van der Waals surface area contributed by atoms with Crippen LogP contribution in [0.15, 0.2) is 12.2 Å². The minimum Gasteiger partial charge on any atom is -0.389 e. The largest absolute Gasteiger partial charge is 0.389 e.